The third-order valence-corrected chi connectivity index (χ3v) is 13.3. The molecule has 1 heteroatoms. The quantitative estimate of drug-likeness (QED) is 0.203. The molecule has 4 fully saturated rings. The minimum absolute atomic E-state index is 0.778. The van der Waals surface area contributed by atoms with Gasteiger partial charge in [-0.3, -0.25) is 0 Å². The summed E-state index contributed by atoms with van der Waals surface area (Å²) in [7, 11) is 2.45. The van der Waals surface area contributed by atoms with Gasteiger partial charge in [-0.25, -0.2) is 0 Å². The number of rotatable bonds is 10. The molecule has 4 aliphatic carbocycles. The van der Waals surface area contributed by atoms with E-state index >= 15 is 0 Å². The van der Waals surface area contributed by atoms with Gasteiger partial charge >= 0.3 is 0 Å². The van der Waals surface area contributed by atoms with Crippen LogP contribution in [0.5, 0.6) is 0 Å². The van der Waals surface area contributed by atoms with Crippen molar-refractivity contribution >= 4 is 7.85 Å². The third-order valence-electron chi connectivity index (χ3n) is 13.3. The van der Waals surface area contributed by atoms with E-state index in [1.165, 1.54) is 77.0 Å². The molecule has 37 heavy (non-hydrogen) atoms. The monoisotopic (exact) mass is 509 g/mol. The maximum Gasteiger partial charge on any atom is 0.105 e. The Morgan fingerprint density at radius 3 is 1.97 bits per heavy atom. The molecule has 0 saturated heterocycles. The molecule has 0 aliphatic heterocycles. The van der Waals surface area contributed by atoms with E-state index in [-0.39, 0.29) is 0 Å². The van der Waals surface area contributed by atoms with Gasteiger partial charge in [-0.05, 0) is 109 Å². The second-order valence-corrected chi connectivity index (χ2v) is 15.9. The predicted octanol–water partition coefficient (Wildman–Crippen LogP) is 10.2. The molecule has 4 rings (SSSR count). The van der Waals surface area contributed by atoms with Crippen LogP contribution in [-0.4, -0.2) is 7.85 Å². The average molecular weight is 509 g/mol. The van der Waals surface area contributed by atoms with Crippen molar-refractivity contribution in [3.05, 3.63) is 12.7 Å². The van der Waals surface area contributed by atoms with E-state index in [1.54, 1.807) is 12.8 Å². The molecule has 0 bridgehead atoms. The molecule has 0 aromatic rings. The smallest absolute Gasteiger partial charge is 0.103 e. The summed E-state index contributed by atoms with van der Waals surface area (Å²) < 4.78 is 0. The van der Waals surface area contributed by atoms with Crippen LogP contribution in [0.3, 0.4) is 0 Å². The summed E-state index contributed by atoms with van der Waals surface area (Å²) in [6.07, 6.45) is 23.5. The van der Waals surface area contributed by atoms with Gasteiger partial charge in [-0.2, -0.15) is 0 Å². The van der Waals surface area contributed by atoms with Crippen molar-refractivity contribution in [1.82, 2.24) is 0 Å². The van der Waals surface area contributed by atoms with Gasteiger partial charge in [0.25, 0.3) is 0 Å². The summed E-state index contributed by atoms with van der Waals surface area (Å²) in [5.41, 5.74) is 0. The van der Waals surface area contributed by atoms with Crippen molar-refractivity contribution in [2.24, 2.45) is 76.9 Å². The summed E-state index contributed by atoms with van der Waals surface area (Å²) in [5, 5.41) is 0. The first-order chi connectivity index (χ1) is 17.7. The molecule has 0 N–H and O–H groups in total. The highest BCUT2D eigenvalue weighted by Gasteiger charge is 2.50. The highest BCUT2D eigenvalue weighted by Crippen LogP contribution is 2.58. The van der Waals surface area contributed by atoms with E-state index in [4.69, 9.17) is 0 Å². The van der Waals surface area contributed by atoms with Gasteiger partial charge in [0, 0.05) is 0 Å². The summed E-state index contributed by atoms with van der Waals surface area (Å²) in [5.74, 6) is 12.9. The molecule has 4 aliphatic rings. The van der Waals surface area contributed by atoms with Gasteiger partial charge in [0.2, 0.25) is 0 Å². The molecule has 0 aromatic heterocycles. The molecule has 212 valence electrons. The molecular formula is C36H65B. The topological polar surface area (TPSA) is 0 Å². The Morgan fingerprint density at radius 2 is 1.35 bits per heavy atom. The van der Waals surface area contributed by atoms with Crippen LogP contribution >= 0.6 is 0 Å². The molecule has 11 unspecified atom stereocenters. The van der Waals surface area contributed by atoms with E-state index in [0.29, 0.717) is 0 Å². The van der Waals surface area contributed by atoms with Crippen molar-refractivity contribution in [2.45, 2.75) is 137 Å². The first-order valence-corrected chi connectivity index (χ1v) is 17.3. The van der Waals surface area contributed by atoms with E-state index in [9.17, 15) is 0 Å². The Hall–Kier alpha value is -0.195. The Labute approximate surface area is 234 Å². The average Bonchev–Trinajstić information content (AvgIpc) is 3.19. The molecule has 0 nitrogen and oxygen atoms in total. The van der Waals surface area contributed by atoms with Crippen molar-refractivity contribution in [2.75, 3.05) is 0 Å². The second kappa shape index (κ2) is 13.4. The first-order valence-electron chi connectivity index (χ1n) is 17.3. The van der Waals surface area contributed by atoms with E-state index in [2.05, 4.69) is 62.0 Å². The zero-order valence-electron chi connectivity index (χ0n) is 26.3. The van der Waals surface area contributed by atoms with Crippen molar-refractivity contribution in [3.63, 3.8) is 0 Å². The Bertz CT molecular complexity index is 683. The fraction of sp³-hybridized carbons (Fsp3) is 0.944. The molecule has 0 radical (unpaired) electrons. The van der Waals surface area contributed by atoms with Gasteiger partial charge in [-0.1, -0.05) is 111 Å². The molecule has 11 atom stereocenters. The summed E-state index contributed by atoms with van der Waals surface area (Å²) in [6.45, 7) is 19.8. The van der Waals surface area contributed by atoms with Gasteiger partial charge in [-0.15, -0.1) is 6.58 Å². The van der Waals surface area contributed by atoms with Gasteiger partial charge in [0.05, 0.1) is 0 Å². The largest absolute Gasteiger partial charge is 0.105 e. The Kier molecular flexibility index (Phi) is 10.8. The lowest BCUT2D eigenvalue weighted by Crippen LogP contribution is -2.45. The Balaban J connectivity index is 1.65. The molecule has 0 aromatic carbocycles. The molecule has 0 spiro atoms. The van der Waals surface area contributed by atoms with Gasteiger partial charge < -0.3 is 0 Å². The van der Waals surface area contributed by atoms with Crippen LogP contribution in [0.2, 0.25) is 5.82 Å². The zero-order chi connectivity index (χ0) is 26.7. The van der Waals surface area contributed by atoms with Crippen LogP contribution in [0.1, 0.15) is 131 Å². The maximum absolute atomic E-state index is 4.36. The number of allylic oxidation sites excluding steroid dienone is 1. The highest BCUT2D eigenvalue weighted by atomic mass is 14.6. The minimum atomic E-state index is 0.778. The zero-order valence-corrected chi connectivity index (χ0v) is 26.3. The second-order valence-electron chi connectivity index (χ2n) is 15.9. The summed E-state index contributed by atoms with van der Waals surface area (Å²) >= 11 is 0. The molecule has 4 saturated carbocycles. The van der Waals surface area contributed by atoms with Crippen LogP contribution in [0.4, 0.5) is 0 Å². The third kappa shape index (κ3) is 6.94. The SMILES string of the molecule is BC(C)C(C)CCC(C)C(C1CC2C(CC(C)C2C=C)CC1C)C(C1CCCCC1)C1CCC(C)CC1. The van der Waals surface area contributed by atoms with E-state index in [1.807, 2.05) is 0 Å². The van der Waals surface area contributed by atoms with Crippen LogP contribution in [0.15, 0.2) is 12.7 Å². The lowest BCUT2D eigenvalue weighted by atomic mass is 9.53. The van der Waals surface area contributed by atoms with Crippen LogP contribution in [0.25, 0.3) is 0 Å². The van der Waals surface area contributed by atoms with Crippen molar-refractivity contribution < 1.29 is 0 Å². The predicted molar refractivity (Wildman–Crippen MR) is 167 cm³/mol. The van der Waals surface area contributed by atoms with Crippen molar-refractivity contribution in [3.8, 4) is 0 Å². The van der Waals surface area contributed by atoms with E-state index < -0.39 is 0 Å². The highest BCUT2D eigenvalue weighted by molar-refractivity contribution is 6.11. The molecular weight excluding hydrogens is 443 g/mol. The maximum atomic E-state index is 4.36. The number of hydrogen-bond donors (Lipinski definition) is 0. The number of hydrogen-bond acceptors (Lipinski definition) is 0. The van der Waals surface area contributed by atoms with Crippen LogP contribution < -0.4 is 0 Å². The normalized spacial score (nSPS) is 41.4. The minimum Gasteiger partial charge on any atom is -0.103 e. The Morgan fingerprint density at radius 1 is 0.757 bits per heavy atom. The van der Waals surface area contributed by atoms with Crippen molar-refractivity contribution in [1.29, 1.82) is 0 Å². The summed E-state index contributed by atoms with van der Waals surface area (Å²) in [4.78, 5) is 0. The van der Waals surface area contributed by atoms with Crippen LogP contribution in [0, 0.1) is 76.9 Å². The molecule has 0 amide bonds. The fourth-order valence-electron chi connectivity index (χ4n) is 10.7. The van der Waals surface area contributed by atoms with Crippen LogP contribution in [-0.2, 0) is 0 Å². The lowest BCUT2D eigenvalue weighted by Gasteiger charge is -2.52. The standard InChI is InChI=1S/C36H65B/c1-8-32-26(5)20-31-21-27(6)33(22-34(31)32)35(25(4)17-16-24(3)28(7)37)36(29-12-10-9-11-13-29)30-18-14-23(2)15-19-30/h8,23-36H,1,9-22,37H2,2-7H3. The van der Waals surface area contributed by atoms with Gasteiger partial charge in [0.1, 0.15) is 7.85 Å². The fourth-order valence-corrected chi connectivity index (χ4v) is 10.7. The number of fused-ring (bicyclic) bond motifs is 1. The lowest BCUT2D eigenvalue weighted by molar-refractivity contribution is -0.0292. The summed E-state index contributed by atoms with van der Waals surface area (Å²) in [6, 6.07) is 0. The van der Waals surface area contributed by atoms with E-state index in [0.717, 1.165) is 82.8 Å². The molecule has 0 heterocycles. The van der Waals surface area contributed by atoms with Gasteiger partial charge in [0.15, 0.2) is 0 Å². The first kappa shape index (κ1) is 29.8.